The monoisotopic (exact) mass is 142 g/mol. The van der Waals surface area contributed by atoms with Crippen molar-refractivity contribution in [3.8, 4) is 0 Å². The number of aliphatic hydroxyl groups excluding tert-OH is 1. The molecule has 0 saturated carbocycles. The van der Waals surface area contributed by atoms with Crippen LogP contribution in [-0.4, -0.2) is 62.1 Å². The molecule has 0 amide bonds. The molecule has 3 nitrogen and oxygen atoms in total. The van der Waals surface area contributed by atoms with Crippen molar-refractivity contribution in [1.82, 2.24) is 9.71 Å². The van der Waals surface area contributed by atoms with Gasteiger partial charge in [-0.05, 0) is 13.6 Å². The van der Waals surface area contributed by atoms with Crippen LogP contribution in [0.25, 0.3) is 0 Å². The quantitative estimate of drug-likeness (QED) is 0.402. The van der Waals surface area contributed by atoms with E-state index in [1.54, 1.807) is 0 Å². The van der Waals surface area contributed by atoms with Crippen LogP contribution in [0, 0.1) is 0 Å². The maximum absolute atomic E-state index is 9.35. The third-order valence-electron chi connectivity index (χ3n) is 1.91. The van der Waals surface area contributed by atoms with E-state index in [9.17, 15) is 5.11 Å². The molecule has 4 heteroatoms. The molecule has 1 unspecified atom stereocenters. The summed E-state index contributed by atoms with van der Waals surface area (Å²) < 4.78 is 0. The smallest absolute Gasteiger partial charge is 0.185 e. The largest absolute Gasteiger partial charge is 0.390 e. The second-order valence-corrected chi connectivity index (χ2v) is 3.18. The van der Waals surface area contributed by atoms with Crippen molar-refractivity contribution < 1.29 is 5.11 Å². The summed E-state index contributed by atoms with van der Waals surface area (Å²) in [6.07, 6.45) is -0.169. The third-order valence-corrected chi connectivity index (χ3v) is 1.91. The maximum Gasteiger partial charge on any atom is 0.185 e. The molecular formula is C6H15BN2O. The Hall–Kier alpha value is -0.0551. The Morgan fingerprint density at radius 2 is 2.10 bits per heavy atom. The zero-order valence-corrected chi connectivity index (χ0v) is 6.75. The molecule has 0 aromatic carbocycles. The van der Waals surface area contributed by atoms with Gasteiger partial charge in [0.05, 0.1) is 6.10 Å². The van der Waals surface area contributed by atoms with Gasteiger partial charge in [-0.3, -0.25) is 0 Å². The molecule has 0 bridgehead atoms. The summed E-state index contributed by atoms with van der Waals surface area (Å²) in [4.78, 5) is 4.32. The first kappa shape index (κ1) is 8.05. The molecular weight excluding hydrogens is 127 g/mol. The first-order valence-electron chi connectivity index (χ1n) is 3.73. The van der Waals surface area contributed by atoms with Crippen LogP contribution in [0.15, 0.2) is 0 Å². The molecule has 1 rings (SSSR count). The van der Waals surface area contributed by atoms with Crippen molar-refractivity contribution in [2.24, 2.45) is 0 Å². The minimum atomic E-state index is -0.169. The van der Waals surface area contributed by atoms with E-state index in [0.717, 1.165) is 26.2 Å². The van der Waals surface area contributed by atoms with Crippen molar-refractivity contribution >= 4 is 7.98 Å². The fourth-order valence-electron chi connectivity index (χ4n) is 1.30. The molecule has 1 N–H and O–H groups in total. The average molecular weight is 142 g/mol. The van der Waals surface area contributed by atoms with E-state index in [4.69, 9.17) is 0 Å². The number of hydrogen-bond acceptors (Lipinski definition) is 3. The van der Waals surface area contributed by atoms with Crippen LogP contribution < -0.4 is 0 Å². The summed E-state index contributed by atoms with van der Waals surface area (Å²) in [5.74, 6) is 0. The van der Waals surface area contributed by atoms with E-state index in [1.165, 1.54) is 0 Å². The molecule has 0 radical (unpaired) electrons. The summed E-state index contributed by atoms with van der Waals surface area (Å²) in [5, 5.41) is 9.35. The Morgan fingerprint density at radius 3 is 2.80 bits per heavy atom. The van der Waals surface area contributed by atoms with E-state index >= 15 is 0 Å². The van der Waals surface area contributed by atoms with Gasteiger partial charge in [0, 0.05) is 19.6 Å². The van der Waals surface area contributed by atoms with Gasteiger partial charge >= 0.3 is 0 Å². The van der Waals surface area contributed by atoms with Gasteiger partial charge in [-0.2, -0.15) is 0 Å². The van der Waals surface area contributed by atoms with Crippen LogP contribution in [0.4, 0.5) is 0 Å². The lowest BCUT2D eigenvalue weighted by molar-refractivity contribution is 0.133. The topological polar surface area (TPSA) is 26.7 Å². The number of β-amino-alcohol motifs (C(OH)–C–C–N with tert-alkyl or cyclic N) is 1. The number of aliphatic hydroxyl groups is 1. The predicted octanol–water partition coefficient (Wildman–Crippen LogP) is -1.86. The Balaban J connectivity index is 2.38. The molecule has 1 aliphatic heterocycles. The molecule has 0 spiro atoms. The van der Waals surface area contributed by atoms with Gasteiger partial charge in [-0.1, -0.05) is 0 Å². The molecule has 0 aromatic heterocycles. The van der Waals surface area contributed by atoms with Crippen molar-refractivity contribution in [3.05, 3.63) is 0 Å². The van der Waals surface area contributed by atoms with Crippen molar-refractivity contribution in [1.29, 1.82) is 0 Å². The standard InChI is InChI=1S/C6H15BN2O/c1-8-2-3-9(7)5-6(10)4-8/h6,10H,2-5,7H2,1H3. The van der Waals surface area contributed by atoms with Crippen molar-refractivity contribution in [3.63, 3.8) is 0 Å². The molecule has 58 valence electrons. The van der Waals surface area contributed by atoms with Crippen LogP contribution in [-0.2, 0) is 0 Å². The molecule has 1 atom stereocenters. The van der Waals surface area contributed by atoms with E-state index in [-0.39, 0.29) is 6.10 Å². The van der Waals surface area contributed by atoms with Gasteiger partial charge in [-0.25, -0.2) is 0 Å². The van der Waals surface area contributed by atoms with Crippen LogP contribution in [0.2, 0.25) is 0 Å². The number of likely N-dealkylation sites (N-methyl/N-ethyl adjacent to an activating group) is 1. The van der Waals surface area contributed by atoms with Gasteiger partial charge in [0.25, 0.3) is 0 Å². The fourth-order valence-corrected chi connectivity index (χ4v) is 1.30. The molecule has 1 heterocycles. The summed E-state index contributed by atoms with van der Waals surface area (Å²) >= 11 is 0. The van der Waals surface area contributed by atoms with E-state index < -0.39 is 0 Å². The van der Waals surface area contributed by atoms with Gasteiger partial charge in [0.2, 0.25) is 0 Å². The van der Waals surface area contributed by atoms with Crippen LogP contribution >= 0.6 is 0 Å². The van der Waals surface area contributed by atoms with E-state index in [2.05, 4.69) is 9.71 Å². The summed E-state index contributed by atoms with van der Waals surface area (Å²) in [5.41, 5.74) is 0. The molecule has 0 aliphatic carbocycles. The Labute approximate surface area is 63.0 Å². The summed E-state index contributed by atoms with van der Waals surface area (Å²) in [6, 6.07) is 0. The highest BCUT2D eigenvalue weighted by Gasteiger charge is 2.14. The zero-order valence-electron chi connectivity index (χ0n) is 6.75. The zero-order chi connectivity index (χ0) is 7.56. The minimum Gasteiger partial charge on any atom is -0.390 e. The molecule has 1 aliphatic rings. The minimum absolute atomic E-state index is 0.169. The van der Waals surface area contributed by atoms with Crippen molar-refractivity contribution in [2.75, 3.05) is 33.2 Å². The van der Waals surface area contributed by atoms with Crippen LogP contribution in [0.1, 0.15) is 0 Å². The molecule has 1 fully saturated rings. The number of rotatable bonds is 0. The highest BCUT2D eigenvalue weighted by atomic mass is 16.3. The second-order valence-electron chi connectivity index (χ2n) is 3.18. The van der Waals surface area contributed by atoms with Gasteiger partial charge in [0.15, 0.2) is 7.98 Å². The first-order valence-corrected chi connectivity index (χ1v) is 3.73. The lowest BCUT2D eigenvalue weighted by Crippen LogP contribution is -2.31. The van der Waals surface area contributed by atoms with Gasteiger partial charge < -0.3 is 14.8 Å². The first-order chi connectivity index (χ1) is 4.68. The maximum atomic E-state index is 9.35. The molecule has 0 aromatic rings. The van der Waals surface area contributed by atoms with Crippen LogP contribution in [0.5, 0.6) is 0 Å². The predicted molar refractivity (Wildman–Crippen MR) is 43.6 cm³/mol. The Bertz CT molecular complexity index is 99.9. The van der Waals surface area contributed by atoms with Gasteiger partial charge in [-0.15, -0.1) is 0 Å². The SMILES string of the molecule is BN1CCN(C)CC(O)C1. The fraction of sp³-hybridized carbons (Fsp3) is 1.00. The lowest BCUT2D eigenvalue weighted by atomic mass is 10.2. The highest BCUT2D eigenvalue weighted by Crippen LogP contribution is 1.97. The van der Waals surface area contributed by atoms with Crippen molar-refractivity contribution in [2.45, 2.75) is 6.10 Å². The lowest BCUT2D eigenvalue weighted by Gasteiger charge is -2.14. The second kappa shape index (κ2) is 3.37. The Kier molecular flexibility index (Phi) is 2.71. The van der Waals surface area contributed by atoms with Gasteiger partial charge in [0.1, 0.15) is 0 Å². The summed E-state index contributed by atoms with van der Waals surface area (Å²) in [6.45, 7) is 3.75. The molecule has 1 saturated heterocycles. The van der Waals surface area contributed by atoms with Crippen LogP contribution in [0.3, 0.4) is 0 Å². The third kappa shape index (κ3) is 2.29. The summed E-state index contributed by atoms with van der Waals surface area (Å²) in [7, 11) is 4.09. The highest BCUT2D eigenvalue weighted by molar-refractivity contribution is 6.04. The normalized spacial score (nSPS) is 32.0. The average Bonchev–Trinajstić information content (AvgIpc) is 1.93. The van der Waals surface area contributed by atoms with E-state index in [0.29, 0.717) is 0 Å². The number of nitrogens with zero attached hydrogens (tertiary/aromatic N) is 2. The van der Waals surface area contributed by atoms with E-state index in [1.807, 2.05) is 15.0 Å². The Morgan fingerprint density at radius 1 is 1.40 bits per heavy atom. The number of hydrogen-bond donors (Lipinski definition) is 1. The molecule has 10 heavy (non-hydrogen) atoms.